The van der Waals surface area contributed by atoms with Crippen molar-refractivity contribution in [3.8, 4) is 0 Å². The van der Waals surface area contributed by atoms with Crippen molar-refractivity contribution in [3.63, 3.8) is 0 Å². The molecule has 0 aromatic carbocycles. The van der Waals surface area contributed by atoms with Gasteiger partial charge in [-0.3, -0.25) is 9.59 Å². The summed E-state index contributed by atoms with van der Waals surface area (Å²) in [4.78, 5) is 24.6. The summed E-state index contributed by atoms with van der Waals surface area (Å²) >= 11 is 0. The maximum Gasteiger partial charge on any atom is 0.305 e. The van der Waals surface area contributed by atoms with E-state index in [1.54, 1.807) is 6.08 Å². The van der Waals surface area contributed by atoms with Gasteiger partial charge in [0.2, 0.25) is 5.91 Å². The molecule has 6 heteroatoms. The maximum absolute atomic E-state index is 12.5. The number of amides is 1. The Labute approximate surface area is 513 Å². The lowest BCUT2D eigenvalue weighted by Crippen LogP contribution is -2.45. The highest BCUT2D eigenvalue weighted by Crippen LogP contribution is 2.19. The third kappa shape index (κ3) is 67.2. The molecular weight excluding hydrogens is 1010 g/mol. The normalized spacial score (nSPS) is 12.7. The summed E-state index contributed by atoms with van der Waals surface area (Å²) < 4.78 is 5.51. The predicted molar refractivity (Wildman–Crippen MR) is 361 cm³/mol. The van der Waals surface area contributed by atoms with Gasteiger partial charge in [-0.1, -0.05) is 371 Å². The third-order valence-corrected chi connectivity index (χ3v) is 17.4. The molecule has 0 spiro atoms. The second kappa shape index (κ2) is 71.6. The summed E-state index contributed by atoms with van der Waals surface area (Å²) in [6.07, 6.45) is 92.4. The van der Waals surface area contributed by atoms with Crippen LogP contribution >= 0.6 is 0 Å². The third-order valence-electron chi connectivity index (χ3n) is 17.4. The van der Waals surface area contributed by atoms with Gasteiger partial charge in [0.1, 0.15) is 0 Å². The van der Waals surface area contributed by atoms with E-state index >= 15 is 0 Å². The number of ether oxygens (including phenoxy) is 1. The van der Waals surface area contributed by atoms with Crippen molar-refractivity contribution in [2.75, 3.05) is 13.2 Å². The van der Waals surface area contributed by atoms with Crippen molar-refractivity contribution < 1.29 is 24.5 Å². The lowest BCUT2D eigenvalue weighted by molar-refractivity contribution is -0.143. The number of unbranched alkanes of at least 4 members (excludes halogenated alkanes) is 55. The van der Waals surface area contributed by atoms with Crippen molar-refractivity contribution >= 4 is 11.9 Å². The average Bonchev–Trinajstić information content (AvgIpc) is 3.48. The molecule has 0 aliphatic rings. The maximum atomic E-state index is 12.5. The minimum atomic E-state index is -0.842. The van der Waals surface area contributed by atoms with Gasteiger partial charge in [-0.05, 0) is 64.2 Å². The van der Waals surface area contributed by atoms with Crippen LogP contribution in [0.15, 0.2) is 36.5 Å². The Morgan fingerprint density at radius 2 is 0.610 bits per heavy atom. The summed E-state index contributed by atoms with van der Waals surface area (Å²) in [5.41, 5.74) is 0. The zero-order chi connectivity index (χ0) is 59.2. The number of allylic oxidation sites excluding steroid dienone is 5. The van der Waals surface area contributed by atoms with E-state index in [0.717, 1.165) is 51.4 Å². The number of aliphatic hydroxyl groups is 2. The Morgan fingerprint density at radius 3 is 0.951 bits per heavy atom. The van der Waals surface area contributed by atoms with Gasteiger partial charge in [-0.15, -0.1) is 0 Å². The van der Waals surface area contributed by atoms with Crippen molar-refractivity contribution in [2.24, 2.45) is 0 Å². The largest absolute Gasteiger partial charge is 0.466 e. The number of carbonyl (C=O) groups is 2. The van der Waals surface area contributed by atoms with Gasteiger partial charge in [-0.25, -0.2) is 0 Å². The highest BCUT2D eigenvalue weighted by atomic mass is 16.5. The van der Waals surface area contributed by atoms with E-state index < -0.39 is 12.1 Å². The fraction of sp³-hybridized carbons (Fsp3) is 0.895. The number of hydrogen-bond donors (Lipinski definition) is 3. The monoisotopic (exact) mass is 1150 g/mol. The van der Waals surface area contributed by atoms with Gasteiger partial charge in [0.05, 0.1) is 25.4 Å². The molecule has 0 rings (SSSR count). The summed E-state index contributed by atoms with van der Waals surface area (Å²) in [7, 11) is 0. The van der Waals surface area contributed by atoms with Crippen LogP contribution in [0, 0.1) is 0 Å². The molecule has 1 amide bonds. The van der Waals surface area contributed by atoms with Crippen LogP contribution in [0.25, 0.3) is 0 Å². The molecule has 0 aliphatic carbocycles. The minimum absolute atomic E-state index is 0.0166. The number of carbonyl (C=O) groups excluding carboxylic acids is 2. The van der Waals surface area contributed by atoms with Crippen LogP contribution in [0.2, 0.25) is 0 Å². The molecule has 82 heavy (non-hydrogen) atoms. The molecule has 0 heterocycles. The molecule has 0 saturated heterocycles. The average molecular weight is 1150 g/mol. The number of nitrogens with one attached hydrogen (secondary N) is 1. The quantitative estimate of drug-likeness (QED) is 0.0320. The molecule has 0 aliphatic heterocycles. The summed E-state index contributed by atoms with van der Waals surface area (Å²) in [5.74, 6) is -0.0447. The molecular formula is C76H145NO5. The van der Waals surface area contributed by atoms with Crippen molar-refractivity contribution in [1.82, 2.24) is 5.32 Å². The molecule has 0 aromatic heterocycles. The first-order chi connectivity index (χ1) is 40.5. The SMILES string of the molecule is CCCCC/C=C\C/C=C\CCCCCCCCCCCC(=O)OCCCCCCCCCCCCCCCCCCCCCCCCCCCCCCCCC(=O)NC(CO)C(O)/C=C/CCCCCCCCCCCCCCCC. The van der Waals surface area contributed by atoms with Crippen LogP contribution in [0.1, 0.15) is 412 Å². The highest BCUT2D eigenvalue weighted by molar-refractivity contribution is 5.76. The van der Waals surface area contributed by atoms with E-state index in [1.807, 2.05) is 6.08 Å². The van der Waals surface area contributed by atoms with Crippen LogP contribution in [-0.4, -0.2) is 47.4 Å². The number of rotatable bonds is 70. The summed E-state index contributed by atoms with van der Waals surface area (Å²) in [6, 6.07) is -0.625. The van der Waals surface area contributed by atoms with E-state index in [4.69, 9.17) is 4.74 Å². The van der Waals surface area contributed by atoms with Crippen LogP contribution in [0.5, 0.6) is 0 Å². The number of esters is 1. The van der Waals surface area contributed by atoms with Crippen LogP contribution in [0.3, 0.4) is 0 Å². The van der Waals surface area contributed by atoms with E-state index in [1.165, 1.54) is 334 Å². The number of aliphatic hydroxyl groups excluding tert-OH is 2. The highest BCUT2D eigenvalue weighted by Gasteiger charge is 2.18. The lowest BCUT2D eigenvalue weighted by atomic mass is 10.0. The zero-order valence-electron chi connectivity index (χ0n) is 55.5. The Bertz CT molecular complexity index is 1330. The second-order valence-electron chi connectivity index (χ2n) is 25.6. The topological polar surface area (TPSA) is 95.9 Å². The van der Waals surface area contributed by atoms with E-state index in [2.05, 4.69) is 43.5 Å². The molecule has 2 atom stereocenters. The van der Waals surface area contributed by atoms with Crippen molar-refractivity contribution in [3.05, 3.63) is 36.5 Å². The summed E-state index contributed by atoms with van der Waals surface area (Å²) in [6.45, 7) is 4.92. The van der Waals surface area contributed by atoms with Crippen LogP contribution in [-0.2, 0) is 14.3 Å². The van der Waals surface area contributed by atoms with Gasteiger partial charge >= 0.3 is 5.97 Å². The molecule has 484 valence electrons. The first kappa shape index (κ1) is 80.1. The predicted octanol–water partition coefficient (Wildman–Crippen LogP) is 24.3. The molecule has 0 aromatic rings. The van der Waals surface area contributed by atoms with Crippen molar-refractivity contribution in [2.45, 2.75) is 424 Å². The molecule has 0 fully saturated rings. The van der Waals surface area contributed by atoms with Gasteiger partial charge in [0.15, 0.2) is 0 Å². The molecule has 3 N–H and O–H groups in total. The fourth-order valence-corrected chi connectivity index (χ4v) is 11.7. The molecule has 0 bridgehead atoms. The van der Waals surface area contributed by atoms with E-state index in [9.17, 15) is 19.8 Å². The second-order valence-corrected chi connectivity index (χ2v) is 25.6. The van der Waals surface area contributed by atoms with E-state index in [-0.39, 0.29) is 18.5 Å². The molecule has 0 saturated carbocycles. The van der Waals surface area contributed by atoms with Crippen LogP contribution < -0.4 is 5.32 Å². The zero-order valence-corrected chi connectivity index (χ0v) is 55.5. The first-order valence-electron chi connectivity index (χ1n) is 37.3. The molecule has 2 unspecified atom stereocenters. The van der Waals surface area contributed by atoms with Gasteiger partial charge in [0, 0.05) is 12.8 Å². The van der Waals surface area contributed by atoms with Crippen molar-refractivity contribution in [1.29, 1.82) is 0 Å². The lowest BCUT2D eigenvalue weighted by Gasteiger charge is -2.20. The smallest absolute Gasteiger partial charge is 0.305 e. The Hall–Kier alpha value is -1.92. The van der Waals surface area contributed by atoms with Gasteiger partial charge in [-0.2, -0.15) is 0 Å². The van der Waals surface area contributed by atoms with Crippen LogP contribution in [0.4, 0.5) is 0 Å². The standard InChI is InChI=1S/C76H145NO5/c1-3-5-7-9-11-13-15-17-19-21-34-38-42-46-50-54-58-62-66-70-76(81)82-71-67-63-59-55-51-47-43-39-36-33-31-29-27-25-23-22-24-26-28-30-32-35-37-41-45-49-53-57-61-65-69-75(80)77-73(72-78)74(79)68-64-60-56-52-48-44-40-20-18-16-14-12-10-8-6-4-2/h11,13,17,19,64,68,73-74,78-79H,3-10,12,14-16,18,20-63,65-67,69-72H2,1-2H3,(H,77,80)/b13-11-,19-17-,68-64+. The Morgan fingerprint density at radius 1 is 0.341 bits per heavy atom. The van der Waals surface area contributed by atoms with Gasteiger partial charge in [0.25, 0.3) is 0 Å². The van der Waals surface area contributed by atoms with Gasteiger partial charge < -0.3 is 20.3 Å². The molecule has 6 nitrogen and oxygen atoms in total. The number of hydrogen-bond acceptors (Lipinski definition) is 5. The Kier molecular flexibility index (Phi) is 69.9. The minimum Gasteiger partial charge on any atom is -0.466 e. The first-order valence-corrected chi connectivity index (χ1v) is 37.3. The van der Waals surface area contributed by atoms with E-state index in [0.29, 0.717) is 19.4 Å². The Balaban J connectivity index is 3.34. The molecule has 0 radical (unpaired) electrons. The summed E-state index contributed by atoms with van der Waals surface area (Å²) in [5, 5.41) is 23.2. The fourth-order valence-electron chi connectivity index (χ4n) is 11.7.